The molecule has 344 valence electrons. The molecule has 0 spiro atoms. The lowest BCUT2D eigenvalue weighted by molar-refractivity contribution is -0.142. The number of rotatable bonds is 17. The lowest BCUT2D eigenvalue weighted by Gasteiger charge is -2.51. The Morgan fingerprint density at radius 1 is 0.857 bits per heavy atom. The number of nitrogens with one attached hydrogen (secondary N) is 1. The van der Waals surface area contributed by atoms with Crippen LogP contribution in [0.25, 0.3) is 0 Å². The first-order valence-corrected chi connectivity index (χ1v) is 25.3. The van der Waals surface area contributed by atoms with E-state index in [0.717, 1.165) is 121 Å². The van der Waals surface area contributed by atoms with Gasteiger partial charge in [0, 0.05) is 88.8 Å². The quantitative estimate of drug-likeness (QED) is 0.166. The second-order valence-electron chi connectivity index (χ2n) is 19.5. The van der Waals surface area contributed by atoms with Crippen molar-refractivity contribution in [1.82, 2.24) is 24.9 Å². The van der Waals surface area contributed by atoms with E-state index in [9.17, 15) is 22.8 Å². The highest BCUT2D eigenvalue weighted by Crippen LogP contribution is 2.53. The summed E-state index contributed by atoms with van der Waals surface area (Å²) in [6.07, 6.45) is 13.3. The summed E-state index contributed by atoms with van der Waals surface area (Å²) >= 11 is 0. The number of ether oxygens (including phenoxy) is 1. The summed E-state index contributed by atoms with van der Waals surface area (Å²) in [5.74, 6) is 0.124. The summed E-state index contributed by atoms with van der Waals surface area (Å²) < 4.78 is 48.3. The van der Waals surface area contributed by atoms with E-state index in [1.807, 2.05) is 24.3 Å². The van der Waals surface area contributed by atoms with Gasteiger partial charge < -0.3 is 24.8 Å². The second kappa shape index (κ2) is 20.1. The van der Waals surface area contributed by atoms with E-state index in [1.54, 1.807) is 23.1 Å². The number of halogens is 1. The van der Waals surface area contributed by atoms with Crippen molar-refractivity contribution in [1.29, 1.82) is 0 Å². The van der Waals surface area contributed by atoms with E-state index in [-0.39, 0.29) is 54.4 Å². The molecule has 0 aromatic heterocycles. The first-order chi connectivity index (χ1) is 30.4. The van der Waals surface area contributed by atoms with Gasteiger partial charge in [-0.2, -0.15) is 0 Å². The number of hydrogen-bond donors (Lipinski definition) is 1. The van der Waals surface area contributed by atoms with E-state index < -0.39 is 20.5 Å². The Morgan fingerprint density at radius 2 is 1.60 bits per heavy atom. The fourth-order valence-electron chi connectivity index (χ4n) is 11.8. The minimum absolute atomic E-state index is 0.0925. The van der Waals surface area contributed by atoms with Gasteiger partial charge in [0.2, 0.25) is 11.8 Å². The van der Waals surface area contributed by atoms with Crippen LogP contribution in [0.4, 0.5) is 10.1 Å². The number of carbonyl (C=O) groups is 3. The van der Waals surface area contributed by atoms with Crippen LogP contribution in [0.1, 0.15) is 82.3 Å². The van der Waals surface area contributed by atoms with E-state index in [0.29, 0.717) is 30.3 Å². The van der Waals surface area contributed by atoms with E-state index in [2.05, 4.69) is 31.0 Å². The monoisotopic (exact) mass is 888 g/mol. The molecule has 8 rings (SSSR count). The standard InChI is InChI=1S/C49H69FN6O6S/c1-36(57)51-35-49(41-11-7-12-42(50)28-41,45-13-6-10-38(45)27-48(59)62-2)40-17-24-54(25-18-40)29-37-30-55(31-37)43-15-16-46(39(26-43)32-53-22-9-23-53)63(60,61)44-33-56(34-44)47(58)14-8-21-52-19-4-3-5-20-52/h7-8,11-12,14-16,26,28,37-38,40,44-45H,3-6,9-10,13,17-25,27,29-35H2,1-2H3,(H,51,57)/b14-8+/t38-,45+,49+/m1/s1. The lowest BCUT2D eigenvalue weighted by atomic mass is 9.57. The number of carbonyl (C=O) groups excluding carboxylic acids is 3. The molecule has 0 unspecified atom stereocenters. The number of benzene rings is 2. The molecule has 0 bridgehead atoms. The van der Waals surface area contributed by atoms with Gasteiger partial charge in [-0.3, -0.25) is 24.2 Å². The summed E-state index contributed by atoms with van der Waals surface area (Å²) in [5.41, 5.74) is 2.30. The van der Waals surface area contributed by atoms with E-state index in [1.165, 1.54) is 39.4 Å². The highest BCUT2D eigenvalue weighted by Gasteiger charge is 2.52. The number of amides is 2. The van der Waals surface area contributed by atoms with Crippen molar-refractivity contribution in [2.75, 3.05) is 97.1 Å². The van der Waals surface area contributed by atoms with Crippen molar-refractivity contribution in [2.45, 2.75) is 93.2 Å². The number of hydrogen-bond acceptors (Lipinski definition) is 10. The van der Waals surface area contributed by atoms with Gasteiger partial charge >= 0.3 is 5.97 Å². The van der Waals surface area contributed by atoms with Crippen molar-refractivity contribution < 1.29 is 31.9 Å². The third-order valence-corrected chi connectivity index (χ3v) is 17.7. The first-order valence-electron chi connectivity index (χ1n) is 23.7. The first kappa shape index (κ1) is 45.7. The molecule has 1 saturated carbocycles. The maximum absolute atomic E-state index is 15.0. The number of anilines is 1. The number of esters is 1. The van der Waals surface area contributed by atoms with Gasteiger partial charge in [-0.1, -0.05) is 31.1 Å². The van der Waals surface area contributed by atoms with Crippen LogP contribution < -0.4 is 10.2 Å². The predicted molar refractivity (Wildman–Crippen MR) is 242 cm³/mol. The topological polar surface area (TPSA) is 123 Å². The Kier molecular flexibility index (Phi) is 14.6. The summed E-state index contributed by atoms with van der Waals surface area (Å²) in [6, 6.07) is 12.8. The van der Waals surface area contributed by atoms with Gasteiger partial charge in [-0.05, 0) is 143 Å². The zero-order valence-corrected chi connectivity index (χ0v) is 38.3. The van der Waals surface area contributed by atoms with Crippen LogP contribution in [-0.2, 0) is 40.9 Å². The third-order valence-electron chi connectivity index (χ3n) is 15.5. The minimum Gasteiger partial charge on any atom is -0.469 e. The van der Waals surface area contributed by atoms with Crippen LogP contribution in [0.3, 0.4) is 0 Å². The Balaban J connectivity index is 0.890. The molecule has 1 aliphatic carbocycles. The number of methoxy groups -OCH3 is 1. The third kappa shape index (κ3) is 10.3. The largest absolute Gasteiger partial charge is 0.469 e. The number of nitrogens with zero attached hydrogens (tertiary/aromatic N) is 5. The Morgan fingerprint density at radius 3 is 2.29 bits per heavy atom. The minimum atomic E-state index is -3.62. The normalized spacial score (nSPS) is 24.4. The molecule has 5 saturated heterocycles. The van der Waals surface area contributed by atoms with Crippen molar-refractivity contribution in [3.63, 3.8) is 0 Å². The summed E-state index contributed by atoms with van der Waals surface area (Å²) in [5, 5.41) is 2.56. The lowest BCUT2D eigenvalue weighted by Crippen LogP contribution is -2.56. The smallest absolute Gasteiger partial charge is 0.305 e. The van der Waals surface area contributed by atoms with Crippen LogP contribution in [0.15, 0.2) is 59.5 Å². The van der Waals surface area contributed by atoms with Crippen molar-refractivity contribution in [3.05, 3.63) is 71.6 Å². The number of piperidine rings is 2. The summed E-state index contributed by atoms with van der Waals surface area (Å²) in [4.78, 5) is 49.6. The molecule has 1 N–H and O–H groups in total. The molecular weight excluding hydrogens is 820 g/mol. The molecule has 6 aliphatic rings. The highest BCUT2D eigenvalue weighted by molar-refractivity contribution is 7.92. The van der Waals surface area contributed by atoms with Crippen molar-refractivity contribution in [2.24, 2.45) is 23.7 Å². The molecule has 14 heteroatoms. The fraction of sp³-hybridized carbons (Fsp3) is 0.653. The molecule has 12 nitrogen and oxygen atoms in total. The van der Waals surface area contributed by atoms with Crippen LogP contribution >= 0.6 is 0 Å². The van der Waals surface area contributed by atoms with E-state index in [4.69, 9.17) is 4.74 Å². The van der Waals surface area contributed by atoms with Crippen LogP contribution in [0.5, 0.6) is 0 Å². The molecule has 63 heavy (non-hydrogen) atoms. The molecule has 5 heterocycles. The average molecular weight is 889 g/mol. The fourth-order valence-corrected chi connectivity index (χ4v) is 13.7. The molecule has 6 fully saturated rings. The van der Waals surface area contributed by atoms with Crippen LogP contribution in [-0.4, -0.2) is 143 Å². The number of likely N-dealkylation sites (tertiary alicyclic amines) is 4. The molecule has 0 radical (unpaired) electrons. The Bertz CT molecular complexity index is 2070. The average Bonchev–Trinajstić information content (AvgIpc) is 3.69. The second-order valence-corrected chi connectivity index (χ2v) is 21.7. The van der Waals surface area contributed by atoms with Gasteiger partial charge in [0.1, 0.15) is 11.1 Å². The summed E-state index contributed by atoms with van der Waals surface area (Å²) in [7, 11) is -2.19. The predicted octanol–water partition coefficient (Wildman–Crippen LogP) is 5.26. The zero-order valence-electron chi connectivity index (χ0n) is 37.5. The van der Waals surface area contributed by atoms with Gasteiger partial charge in [-0.25, -0.2) is 12.8 Å². The molecule has 3 atom stereocenters. The van der Waals surface area contributed by atoms with E-state index >= 15 is 4.39 Å². The SMILES string of the molecule is COC(=O)C[C@H]1CCC[C@@H]1[C@](CNC(C)=O)(c1cccc(F)c1)C1CCN(CC2CN(c3ccc(S(=O)(=O)C4CN(C(=O)/C=C/CN5CCCCC5)C4)c(CN4CCC4)c3)C2)CC1. The molecule has 5 aliphatic heterocycles. The zero-order chi connectivity index (χ0) is 44.1. The van der Waals surface area contributed by atoms with Crippen LogP contribution in [0.2, 0.25) is 0 Å². The molecule has 2 aromatic rings. The number of sulfone groups is 1. The molecular formula is C49H69FN6O6S. The van der Waals surface area contributed by atoms with Gasteiger partial charge in [0.25, 0.3) is 0 Å². The highest BCUT2D eigenvalue weighted by atomic mass is 32.2. The van der Waals surface area contributed by atoms with Gasteiger partial charge in [-0.15, -0.1) is 0 Å². The maximum atomic E-state index is 15.0. The molecule has 2 amide bonds. The summed E-state index contributed by atoms with van der Waals surface area (Å²) in [6.45, 7) is 12.4. The Hall–Kier alpha value is -3.85. The van der Waals surface area contributed by atoms with Crippen molar-refractivity contribution in [3.8, 4) is 0 Å². The van der Waals surface area contributed by atoms with Gasteiger partial charge in [0.15, 0.2) is 9.84 Å². The van der Waals surface area contributed by atoms with Crippen molar-refractivity contribution >= 4 is 33.3 Å². The maximum Gasteiger partial charge on any atom is 0.305 e. The van der Waals surface area contributed by atoms with Gasteiger partial charge in [0.05, 0.1) is 12.0 Å². The Labute approximate surface area is 374 Å². The molecule has 2 aromatic carbocycles. The van der Waals surface area contributed by atoms with Crippen LogP contribution in [0, 0.1) is 29.5 Å².